The molecule has 1 heterocycles. The Bertz CT molecular complexity index is 823. The topological polar surface area (TPSA) is 51.9 Å². The maximum absolute atomic E-state index is 12.8. The van der Waals surface area contributed by atoms with Gasteiger partial charge < -0.3 is 18.8 Å². The first-order chi connectivity index (χ1) is 12.7. The number of nitrogens with zero attached hydrogens (tertiary/aromatic N) is 1. The van der Waals surface area contributed by atoms with Crippen molar-refractivity contribution in [2.24, 2.45) is 0 Å². The lowest BCUT2D eigenvalue weighted by molar-refractivity contribution is -0.120. The van der Waals surface area contributed by atoms with Gasteiger partial charge in [0.05, 0.1) is 19.9 Å². The molecule has 0 saturated heterocycles. The van der Waals surface area contributed by atoms with Crippen LogP contribution in [0.1, 0.15) is 11.3 Å². The largest absolute Gasteiger partial charge is 0.497 e. The third kappa shape index (κ3) is 4.45. The van der Waals surface area contributed by atoms with Gasteiger partial charge in [-0.25, -0.2) is 0 Å². The first kappa shape index (κ1) is 17.6. The van der Waals surface area contributed by atoms with Crippen molar-refractivity contribution in [3.63, 3.8) is 0 Å². The Morgan fingerprint density at radius 3 is 2.31 bits per heavy atom. The quantitative estimate of drug-likeness (QED) is 0.640. The fourth-order valence-electron chi connectivity index (χ4n) is 2.50. The lowest BCUT2D eigenvalue weighted by Crippen LogP contribution is -2.34. The number of carbonyl (C=O) groups excluding carboxylic acids is 1. The van der Waals surface area contributed by atoms with E-state index in [9.17, 15) is 4.79 Å². The minimum absolute atomic E-state index is 0.0685. The van der Waals surface area contributed by atoms with E-state index in [-0.39, 0.29) is 12.5 Å². The molecular weight excluding hydrogens is 330 g/mol. The standard InChI is InChI=1S/C21H21NO4/c1-16-5-7-17(8-6-16)22(14-20-4-3-13-25-20)21(23)15-26-19-11-9-18(24-2)10-12-19/h3-13H,14-15H2,1-2H3. The molecule has 134 valence electrons. The van der Waals surface area contributed by atoms with Gasteiger partial charge in [-0.3, -0.25) is 4.79 Å². The first-order valence-corrected chi connectivity index (χ1v) is 8.32. The summed E-state index contributed by atoms with van der Waals surface area (Å²) in [6.45, 7) is 2.29. The van der Waals surface area contributed by atoms with Crippen LogP contribution in [0.25, 0.3) is 0 Å². The van der Waals surface area contributed by atoms with Gasteiger partial charge in [0, 0.05) is 5.69 Å². The molecule has 26 heavy (non-hydrogen) atoms. The van der Waals surface area contributed by atoms with Crippen molar-refractivity contribution in [1.29, 1.82) is 0 Å². The molecule has 5 nitrogen and oxygen atoms in total. The highest BCUT2D eigenvalue weighted by atomic mass is 16.5. The summed E-state index contributed by atoms with van der Waals surface area (Å²) in [5.41, 5.74) is 1.93. The molecule has 1 amide bonds. The molecule has 5 heteroatoms. The lowest BCUT2D eigenvalue weighted by Gasteiger charge is -2.22. The minimum Gasteiger partial charge on any atom is -0.497 e. The van der Waals surface area contributed by atoms with E-state index in [1.165, 1.54) is 0 Å². The molecule has 0 aliphatic heterocycles. The molecule has 0 fully saturated rings. The fraction of sp³-hybridized carbons (Fsp3) is 0.190. The zero-order chi connectivity index (χ0) is 18.4. The highest BCUT2D eigenvalue weighted by Crippen LogP contribution is 2.20. The van der Waals surface area contributed by atoms with Gasteiger partial charge in [0.1, 0.15) is 17.3 Å². The van der Waals surface area contributed by atoms with Crippen LogP contribution in [0.5, 0.6) is 11.5 Å². The maximum atomic E-state index is 12.8. The summed E-state index contributed by atoms with van der Waals surface area (Å²) in [5.74, 6) is 1.91. The Hall–Kier alpha value is -3.21. The smallest absolute Gasteiger partial charge is 0.265 e. The molecule has 0 aliphatic carbocycles. The van der Waals surface area contributed by atoms with Crippen LogP contribution in [0.4, 0.5) is 5.69 Å². The Morgan fingerprint density at radius 1 is 1.00 bits per heavy atom. The van der Waals surface area contributed by atoms with Crippen LogP contribution in [-0.2, 0) is 11.3 Å². The Labute approximate surface area is 152 Å². The minimum atomic E-state index is -0.152. The van der Waals surface area contributed by atoms with Gasteiger partial charge >= 0.3 is 0 Å². The number of methoxy groups -OCH3 is 1. The van der Waals surface area contributed by atoms with Crippen LogP contribution in [0.3, 0.4) is 0 Å². The number of carbonyl (C=O) groups is 1. The summed E-state index contributed by atoms with van der Waals surface area (Å²) in [4.78, 5) is 14.4. The van der Waals surface area contributed by atoms with Crippen LogP contribution < -0.4 is 14.4 Å². The maximum Gasteiger partial charge on any atom is 0.265 e. The van der Waals surface area contributed by atoms with Crippen LogP contribution in [0.2, 0.25) is 0 Å². The summed E-state index contributed by atoms with van der Waals surface area (Å²) >= 11 is 0. The number of amides is 1. The Kier molecular flexibility index (Phi) is 5.59. The molecule has 3 aromatic rings. The number of ether oxygens (including phenoxy) is 2. The van der Waals surface area contributed by atoms with Crippen molar-refractivity contribution in [2.45, 2.75) is 13.5 Å². The molecule has 0 aliphatic rings. The summed E-state index contributed by atoms with van der Waals surface area (Å²) in [7, 11) is 1.60. The Morgan fingerprint density at radius 2 is 1.69 bits per heavy atom. The monoisotopic (exact) mass is 351 g/mol. The zero-order valence-corrected chi connectivity index (χ0v) is 14.8. The predicted molar refractivity (Wildman–Crippen MR) is 99.6 cm³/mol. The number of aryl methyl sites for hydroxylation is 1. The van der Waals surface area contributed by atoms with Crippen molar-refractivity contribution in [3.8, 4) is 11.5 Å². The normalized spacial score (nSPS) is 10.4. The van der Waals surface area contributed by atoms with E-state index in [2.05, 4.69) is 0 Å². The van der Waals surface area contributed by atoms with Gasteiger partial charge in [-0.15, -0.1) is 0 Å². The number of benzene rings is 2. The number of anilines is 1. The SMILES string of the molecule is COc1ccc(OCC(=O)N(Cc2ccco2)c2ccc(C)cc2)cc1. The lowest BCUT2D eigenvalue weighted by atomic mass is 10.2. The summed E-state index contributed by atoms with van der Waals surface area (Å²) in [6, 6.07) is 18.6. The van der Waals surface area contributed by atoms with Crippen molar-refractivity contribution >= 4 is 11.6 Å². The second kappa shape index (κ2) is 8.25. The van der Waals surface area contributed by atoms with E-state index in [0.717, 1.165) is 17.0 Å². The van der Waals surface area contributed by atoms with Crippen molar-refractivity contribution in [2.75, 3.05) is 18.6 Å². The molecule has 0 radical (unpaired) electrons. The van der Waals surface area contributed by atoms with Gasteiger partial charge in [-0.1, -0.05) is 17.7 Å². The molecule has 0 atom stereocenters. The molecule has 0 N–H and O–H groups in total. The second-order valence-corrected chi connectivity index (χ2v) is 5.86. The number of furan rings is 1. The summed E-state index contributed by atoms with van der Waals surface area (Å²) in [5, 5.41) is 0. The highest BCUT2D eigenvalue weighted by Gasteiger charge is 2.18. The van der Waals surface area contributed by atoms with Crippen molar-refractivity contribution < 1.29 is 18.7 Å². The average molecular weight is 351 g/mol. The van der Waals surface area contributed by atoms with Crippen LogP contribution >= 0.6 is 0 Å². The molecule has 0 saturated carbocycles. The summed E-state index contributed by atoms with van der Waals surface area (Å²) in [6.07, 6.45) is 1.60. The molecule has 2 aromatic carbocycles. The molecule has 0 unspecified atom stereocenters. The molecular formula is C21H21NO4. The van der Waals surface area contributed by atoms with Gasteiger partial charge in [-0.2, -0.15) is 0 Å². The number of hydrogen-bond donors (Lipinski definition) is 0. The van der Waals surface area contributed by atoms with Gasteiger partial charge in [0.25, 0.3) is 5.91 Å². The zero-order valence-electron chi connectivity index (χ0n) is 14.8. The second-order valence-electron chi connectivity index (χ2n) is 5.86. The van der Waals surface area contributed by atoms with Crippen molar-refractivity contribution in [1.82, 2.24) is 0 Å². The van der Waals surface area contributed by atoms with E-state index < -0.39 is 0 Å². The van der Waals surface area contributed by atoms with Gasteiger partial charge in [-0.05, 0) is 55.5 Å². The van der Waals surface area contributed by atoms with Crippen LogP contribution in [0, 0.1) is 6.92 Å². The van der Waals surface area contributed by atoms with Crippen LogP contribution in [-0.4, -0.2) is 19.6 Å². The number of hydrogen-bond acceptors (Lipinski definition) is 4. The third-order valence-corrected chi connectivity index (χ3v) is 3.96. The van der Waals surface area contributed by atoms with Crippen LogP contribution in [0.15, 0.2) is 71.3 Å². The molecule has 0 spiro atoms. The average Bonchev–Trinajstić information content (AvgIpc) is 3.19. The Balaban J connectivity index is 1.72. The van der Waals surface area contributed by atoms with Gasteiger partial charge in [0.15, 0.2) is 6.61 Å². The predicted octanol–water partition coefficient (Wildman–Crippen LogP) is 4.21. The highest BCUT2D eigenvalue weighted by molar-refractivity contribution is 5.94. The van der Waals surface area contributed by atoms with E-state index in [1.54, 1.807) is 48.6 Å². The van der Waals surface area contributed by atoms with E-state index in [0.29, 0.717) is 18.1 Å². The fourth-order valence-corrected chi connectivity index (χ4v) is 2.50. The van der Waals surface area contributed by atoms with Gasteiger partial charge in [0.2, 0.25) is 0 Å². The van der Waals surface area contributed by atoms with Crippen molar-refractivity contribution in [3.05, 3.63) is 78.3 Å². The molecule has 1 aromatic heterocycles. The van der Waals surface area contributed by atoms with E-state index >= 15 is 0 Å². The summed E-state index contributed by atoms with van der Waals surface area (Å²) < 4.78 is 16.2. The van der Waals surface area contributed by atoms with E-state index in [1.807, 2.05) is 37.3 Å². The molecule has 3 rings (SSSR count). The molecule has 0 bridgehead atoms. The first-order valence-electron chi connectivity index (χ1n) is 8.32. The van der Waals surface area contributed by atoms with E-state index in [4.69, 9.17) is 13.9 Å². The third-order valence-electron chi connectivity index (χ3n) is 3.96. The number of rotatable bonds is 7.